The molecule has 110 valence electrons. The van der Waals surface area contributed by atoms with Crippen molar-refractivity contribution in [1.29, 1.82) is 0 Å². The number of rotatable bonds is 5. The first-order valence-corrected chi connectivity index (χ1v) is 7.72. The Labute approximate surface area is 125 Å². The number of carbonyl (C=O) groups is 1. The Hall–Kier alpha value is -2.03. The molecule has 1 saturated carbocycles. The highest BCUT2D eigenvalue weighted by Gasteiger charge is 2.21. The molecule has 2 aromatic carbocycles. The van der Waals surface area contributed by atoms with Crippen LogP contribution < -0.4 is 10.1 Å². The van der Waals surface area contributed by atoms with Crippen molar-refractivity contribution >= 4 is 16.7 Å². The van der Waals surface area contributed by atoms with E-state index in [1.165, 1.54) is 23.6 Å². The van der Waals surface area contributed by atoms with E-state index in [1.54, 1.807) is 0 Å². The molecule has 0 unspecified atom stereocenters. The highest BCUT2D eigenvalue weighted by molar-refractivity contribution is 5.83. The van der Waals surface area contributed by atoms with Crippen LogP contribution in [0.1, 0.15) is 25.7 Å². The third-order valence-corrected chi connectivity index (χ3v) is 4.12. The molecule has 3 rings (SSSR count). The van der Waals surface area contributed by atoms with Crippen LogP contribution in [0, 0.1) is 5.92 Å². The lowest BCUT2D eigenvalue weighted by Crippen LogP contribution is -2.32. The minimum absolute atomic E-state index is 0.189. The number of fused-ring (bicyclic) bond motifs is 1. The van der Waals surface area contributed by atoms with Gasteiger partial charge in [0.25, 0.3) is 0 Å². The van der Waals surface area contributed by atoms with Gasteiger partial charge in [0, 0.05) is 5.92 Å². The van der Waals surface area contributed by atoms with Gasteiger partial charge in [-0.3, -0.25) is 4.79 Å². The fourth-order valence-electron chi connectivity index (χ4n) is 2.93. The van der Waals surface area contributed by atoms with Crippen LogP contribution in [-0.2, 0) is 4.79 Å². The third-order valence-electron chi connectivity index (χ3n) is 4.12. The second kappa shape index (κ2) is 6.61. The van der Waals surface area contributed by atoms with Gasteiger partial charge in [-0.1, -0.05) is 43.2 Å². The van der Waals surface area contributed by atoms with Crippen LogP contribution in [0.4, 0.5) is 0 Å². The van der Waals surface area contributed by atoms with Crippen molar-refractivity contribution < 1.29 is 9.53 Å². The summed E-state index contributed by atoms with van der Waals surface area (Å²) in [7, 11) is 0. The lowest BCUT2D eigenvalue weighted by atomic mass is 10.1. The van der Waals surface area contributed by atoms with E-state index < -0.39 is 0 Å². The average molecular weight is 283 g/mol. The van der Waals surface area contributed by atoms with Crippen LogP contribution in [0.25, 0.3) is 10.8 Å². The molecule has 0 spiro atoms. The van der Waals surface area contributed by atoms with Crippen molar-refractivity contribution in [3.8, 4) is 5.75 Å². The molecule has 3 nitrogen and oxygen atoms in total. The van der Waals surface area contributed by atoms with E-state index in [0.29, 0.717) is 13.2 Å². The Morgan fingerprint density at radius 1 is 1.10 bits per heavy atom. The Morgan fingerprint density at radius 2 is 1.86 bits per heavy atom. The first-order valence-electron chi connectivity index (χ1n) is 7.72. The molecule has 3 heteroatoms. The first kappa shape index (κ1) is 13.9. The van der Waals surface area contributed by atoms with E-state index in [0.717, 1.165) is 18.6 Å². The lowest BCUT2D eigenvalue weighted by molar-refractivity contribution is -0.124. The molecule has 0 aliphatic heterocycles. The van der Waals surface area contributed by atoms with Crippen molar-refractivity contribution in [3.63, 3.8) is 0 Å². The van der Waals surface area contributed by atoms with Gasteiger partial charge in [0.05, 0.1) is 6.54 Å². The standard InChI is InChI=1S/C18H21NO2/c20-18(15-6-2-3-7-15)19-11-12-21-17-10-9-14-5-1-4-8-16(14)13-17/h1,4-5,8-10,13,15H,2-3,6-7,11-12H2,(H,19,20). The Bertz CT molecular complexity index is 617. The smallest absolute Gasteiger partial charge is 0.223 e. The van der Waals surface area contributed by atoms with Crippen LogP contribution in [-0.4, -0.2) is 19.1 Å². The monoisotopic (exact) mass is 283 g/mol. The van der Waals surface area contributed by atoms with Crippen molar-refractivity contribution in [2.24, 2.45) is 5.92 Å². The molecule has 1 amide bonds. The summed E-state index contributed by atoms with van der Waals surface area (Å²) in [4.78, 5) is 11.9. The van der Waals surface area contributed by atoms with E-state index in [2.05, 4.69) is 23.5 Å². The summed E-state index contributed by atoms with van der Waals surface area (Å²) in [6.07, 6.45) is 4.45. The largest absolute Gasteiger partial charge is 0.492 e. The average Bonchev–Trinajstić information content (AvgIpc) is 3.06. The van der Waals surface area contributed by atoms with Crippen LogP contribution in [0.3, 0.4) is 0 Å². The quantitative estimate of drug-likeness (QED) is 0.853. The summed E-state index contributed by atoms with van der Waals surface area (Å²) < 4.78 is 5.71. The highest BCUT2D eigenvalue weighted by Crippen LogP contribution is 2.24. The highest BCUT2D eigenvalue weighted by atomic mass is 16.5. The third kappa shape index (κ3) is 3.54. The Balaban J connectivity index is 1.46. The summed E-state index contributed by atoms with van der Waals surface area (Å²) in [6.45, 7) is 1.08. The summed E-state index contributed by atoms with van der Waals surface area (Å²) in [5.41, 5.74) is 0. The number of hydrogen-bond acceptors (Lipinski definition) is 2. The minimum atomic E-state index is 0.189. The molecule has 1 N–H and O–H groups in total. The molecule has 0 bridgehead atoms. The van der Waals surface area contributed by atoms with Gasteiger partial charge < -0.3 is 10.1 Å². The van der Waals surface area contributed by atoms with Crippen LogP contribution in [0.2, 0.25) is 0 Å². The van der Waals surface area contributed by atoms with E-state index in [9.17, 15) is 4.79 Å². The second-order valence-electron chi connectivity index (χ2n) is 5.63. The SMILES string of the molecule is O=C(NCCOc1ccc2ccccc2c1)C1CCCC1. The van der Waals surface area contributed by atoms with Crippen LogP contribution >= 0.6 is 0 Å². The maximum Gasteiger partial charge on any atom is 0.223 e. The van der Waals surface area contributed by atoms with E-state index in [4.69, 9.17) is 4.74 Å². The van der Waals surface area contributed by atoms with Crippen molar-refractivity contribution in [3.05, 3.63) is 42.5 Å². The predicted molar refractivity (Wildman–Crippen MR) is 84.4 cm³/mol. The summed E-state index contributed by atoms with van der Waals surface area (Å²) >= 11 is 0. The summed E-state index contributed by atoms with van der Waals surface area (Å²) in [5, 5.41) is 5.35. The van der Waals surface area contributed by atoms with Crippen LogP contribution in [0.15, 0.2) is 42.5 Å². The first-order chi connectivity index (χ1) is 10.3. The van der Waals surface area contributed by atoms with Gasteiger partial charge in [-0.05, 0) is 35.7 Å². The lowest BCUT2D eigenvalue weighted by Gasteiger charge is -2.11. The predicted octanol–water partition coefficient (Wildman–Crippen LogP) is 3.53. The number of amides is 1. The Kier molecular flexibility index (Phi) is 4.39. The van der Waals surface area contributed by atoms with E-state index in [1.807, 2.05) is 24.3 Å². The maximum absolute atomic E-state index is 11.9. The summed E-state index contributed by atoms with van der Waals surface area (Å²) in [5.74, 6) is 1.27. The maximum atomic E-state index is 11.9. The number of ether oxygens (including phenoxy) is 1. The minimum Gasteiger partial charge on any atom is -0.492 e. The molecule has 0 aromatic heterocycles. The molecule has 1 aliphatic carbocycles. The molecular weight excluding hydrogens is 262 g/mol. The van der Waals surface area contributed by atoms with Crippen molar-refractivity contribution in [2.45, 2.75) is 25.7 Å². The molecular formula is C18H21NO2. The molecule has 2 aromatic rings. The van der Waals surface area contributed by atoms with Gasteiger partial charge in [-0.15, -0.1) is 0 Å². The number of carbonyl (C=O) groups excluding carboxylic acids is 1. The zero-order valence-electron chi connectivity index (χ0n) is 12.2. The van der Waals surface area contributed by atoms with Crippen LogP contribution in [0.5, 0.6) is 5.75 Å². The molecule has 1 aliphatic rings. The molecule has 0 atom stereocenters. The van der Waals surface area contributed by atoms with Crippen molar-refractivity contribution in [2.75, 3.05) is 13.2 Å². The van der Waals surface area contributed by atoms with Gasteiger partial charge in [0.15, 0.2) is 0 Å². The molecule has 1 fully saturated rings. The van der Waals surface area contributed by atoms with Gasteiger partial charge in [0.2, 0.25) is 5.91 Å². The zero-order valence-corrected chi connectivity index (χ0v) is 12.2. The van der Waals surface area contributed by atoms with E-state index >= 15 is 0 Å². The van der Waals surface area contributed by atoms with Gasteiger partial charge in [-0.25, -0.2) is 0 Å². The normalized spacial score (nSPS) is 15.2. The van der Waals surface area contributed by atoms with Gasteiger partial charge >= 0.3 is 0 Å². The molecule has 0 saturated heterocycles. The number of benzene rings is 2. The number of nitrogens with one attached hydrogen (secondary N) is 1. The fraction of sp³-hybridized carbons (Fsp3) is 0.389. The zero-order chi connectivity index (χ0) is 14.5. The molecule has 0 heterocycles. The topological polar surface area (TPSA) is 38.3 Å². The Morgan fingerprint density at radius 3 is 2.67 bits per heavy atom. The summed E-state index contributed by atoms with van der Waals surface area (Å²) in [6, 6.07) is 14.3. The molecule has 21 heavy (non-hydrogen) atoms. The second-order valence-corrected chi connectivity index (χ2v) is 5.63. The fourth-order valence-corrected chi connectivity index (χ4v) is 2.93. The van der Waals surface area contributed by atoms with Gasteiger partial charge in [0.1, 0.15) is 12.4 Å². The molecule has 0 radical (unpaired) electrons. The van der Waals surface area contributed by atoms with E-state index in [-0.39, 0.29) is 11.8 Å². The van der Waals surface area contributed by atoms with Gasteiger partial charge in [-0.2, -0.15) is 0 Å². The van der Waals surface area contributed by atoms with Crippen molar-refractivity contribution in [1.82, 2.24) is 5.32 Å². The number of hydrogen-bond donors (Lipinski definition) is 1.